The van der Waals surface area contributed by atoms with E-state index in [9.17, 15) is 0 Å². The van der Waals surface area contributed by atoms with Crippen molar-refractivity contribution in [3.63, 3.8) is 0 Å². The van der Waals surface area contributed by atoms with Crippen LogP contribution in [0, 0.1) is 0 Å². The van der Waals surface area contributed by atoms with Gasteiger partial charge in [0, 0.05) is 32.0 Å². The standard InChI is InChI=1S/C46H86N2O3/c1-5-7-9-11-13-15-17-19-21-23-25-27-29-31-38-47(3)45-36-40-49-41-37-46(51-44-35-33-34-43(42-44)50-45)48(4)39-32-30-28-26-24-22-20-18-16-14-12-10-8-6-2/h33-35,42,45-46H,5-32,36-41H2,1-4H3. The quantitative estimate of drug-likeness (QED) is 0.0694. The van der Waals surface area contributed by atoms with Gasteiger partial charge in [0.15, 0.2) is 12.5 Å². The summed E-state index contributed by atoms with van der Waals surface area (Å²) >= 11 is 0. The molecule has 1 aromatic rings. The Balaban J connectivity index is 1.59. The minimum absolute atomic E-state index is 0.0143. The highest BCUT2D eigenvalue weighted by atomic mass is 16.5. The van der Waals surface area contributed by atoms with Crippen LogP contribution in [0.25, 0.3) is 0 Å². The summed E-state index contributed by atoms with van der Waals surface area (Å²) in [7, 11) is 4.42. The molecule has 0 saturated carbocycles. The van der Waals surface area contributed by atoms with E-state index in [1.807, 2.05) is 0 Å². The van der Waals surface area contributed by atoms with Crippen LogP contribution in [0.3, 0.4) is 0 Å². The third-order valence-electron chi connectivity index (χ3n) is 11.1. The largest absolute Gasteiger partial charge is 0.475 e. The molecule has 2 atom stereocenters. The molecule has 298 valence electrons. The van der Waals surface area contributed by atoms with Crippen LogP contribution in [0.2, 0.25) is 0 Å². The number of nitrogens with zero attached hydrogens (tertiary/aromatic N) is 2. The SMILES string of the molecule is CCCCCCCCCCCCCCCCN(C)C1CCOCCC(N(C)CCCCCCCCCCCCCCCC)Oc2cccc(c2)O1. The van der Waals surface area contributed by atoms with Gasteiger partial charge >= 0.3 is 0 Å². The molecular formula is C46H86N2O3. The second-order valence-corrected chi connectivity index (χ2v) is 16.0. The van der Waals surface area contributed by atoms with Gasteiger partial charge in [-0.25, -0.2) is 0 Å². The van der Waals surface area contributed by atoms with Crippen LogP contribution in [-0.2, 0) is 4.74 Å². The fourth-order valence-electron chi connectivity index (χ4n) is 7.54. The van der Waals surface area contributed by atoms with Crippen LogP contribution in [0.1, 0.15) is 206 Å². The van der Waals surface area contributed by atoms with Gasteiger partial charge in [-0.2, -0.15) is 0 Å². The first-order valence-electron chi connectivity index (χ1n) is 22.6. The number of ether oxygens (including phenoxy) is 3. The van der Waals surface area contributed by atoms with Gasteiger partial charge in [0.2, 0.25) is 0 Å². The molecule has 1 aromatic carbocycles. The summed E-state index contributed by atoms with van der Waals surface area (Å²) in [5.41, 5.74) is 0. The lowest BCUT2D eigenvalue weighted by atomic mass is 10.0. The predicted octanol–water partition coefficient (Wildman–Crippen LogP) is 13.7. The van der Waals surface area contributed by atoms with Crippen LogP contribution >= 0.6 is 0 Å². The lowest BCUT2D eigenvalue weighted by Gasteiger charge is -2.31. The molecule has 1 aliphatic rings. The first kappa shape index (κ1) is 45.9. The lowest BCUT2D eigenvalue weighted by molar-refractivity contribution is -0.0157. The van der Waals surface area contributed by atoms with E-state index < -0.39 is 0 Å². The number of hydrogen-bond acceptors (Lipinski definition) is 5. The smallest absolute Gasteiger partial charge is 0.154 e. The summed E-state index contributed by atoms with van der Waals surface area (Å²) in [4.78, 5) is 4.77. The molecule has 0 aromatic heterocycles. The Kier molecular flexibility index (Phi) is 29.9. The fourth-order valence-corrected chi connectivity index (χ4v) is 7.54. The van der Waals surface area contributed by atoms with Gasteiger partial charge < -0.3 is 14.2 Å². The molecule has 0 radical (unpaired) electrons. The van der Waals surface area contributed by atoms with E-state index >= 15 is 0 Å². The molecule has 1 heterocycles. The van der Waals surface area contributed by atoms with Crippen molar-refractivity contribution < 1.29 is 14.2 Å². The molecule has 2 rings (SSSR count). The molecule has 5 heteroatoms. The van der Waals surface area contributed by atoms with E-state index in [0.29, 0.717) is 13.2 Å². The van der Waals surface area contributed by atoms with Crippen LogP contribution in [-0.4, -0.2) is 62.7 Å². The van der Waals surface area contributed by atoms with Crippen molar-refractivity contribution >= 4 is 0 Å². The Morgan fingerprint density at radius 1 is 0.451 bits per heavy atom. The fraction of sp³-hybridized carbons (Fsp3) is 0.870. The number of hydrogen-bond donors (Lipinski definition) is 0. The molecule has 0 amide bonds. The van der Waals surface area contributed by atoms with Crippen LogP contribution in [0.4, 0.5) is 0 Å². The number of unbranched alkanes of at least 4 members (excludes halogenated alkanes) is 26. The number of benzene rings is 1. The van der Waals surface area contributed by atoms with Gasteiger partial charge in [-0.15, -0.1) is 0 Å². The van der Waals surface area contributed by atoms with Gasteiger partial charge in [-0.1, -0.05) is 187 Å². The monoisotopic (exact) mass is 715 g/mol. The second-order valence-electron chi connectivity index (χ2n) is 16.0. The van der Waals surface area contributed by atoms with Crippen molar-refractivity contribution in [2.75, 3.05) is 40.4 Å². The number of rotatable bonds is 32. The van der Waals surface area contributed by atoms with Crippen molar-refractivity contribution in [2.24, 2.45) is 0 Å². The van der Waals surface area contributed by atoms with E-state index in [1.165, 1.54) is 180 Å². The molecule has 2 unspecified atom stereocenters. The zero-order valence-electron chi connectivity index (χ0n) is 34.6. The molecular weight excluding hydrogens is 629 g/mol. The topological polar surface area (TPSA) is 34.2 Å². The molecule has 0 N–H and O–H groups in total. The van der Waals surface area contributed by atoms with Crippen LogP contribution < -0.4 is 9.47 Å². The van der Waals surface area contributed by atoms with Gasteiger partial charge in [-0.05, 0) is 39.1 Å². The maximum atomic E-state index is 6.56. The van der Waals surface area contributed by atoms with Gasteiger partial charge in [0.1, 0.15) is 11.5 Å². The highest BCUT2D eigenvalue weighted by Gasteiger charge is 2.21. The Hall–Kier alpha value is -1.30. The Bertz CT molecular complexity index is 817. The molecule has 5 nitrogen and oxygen atoms in total. The summed E-state index contributed by atoms with van der Waals surface area (Å²) in [6, 6.07) is 8.30. The Morgan fingerprint density at radius 2 is 0.745 bits per heavy atom. The third-order valence-corrected chi connectivity index (χ3v) is 11.1. The van der Waals surface area contributed by atoms with Crippen LogP contribution in [0.5, 0.6) is 11.5 Å². The minimum atomic E-state index is 0.0143. The molecule has 0 fully saturated rings. The van der Waals surface area contributed by atoms with Gasteiger partial charge in [0.25, 0.3) is 0 Å². The normalized spacial score (nSPS) is 16.9. The highest BCUT2D eigenvalue weighted by molar-refractivity contribution is 5.33. The zero-order chi connectivity index (χ0) is 36.5. The average molecular weight is 715 g/mol. The first-order valence-corrected chi connectivity index (χ1v) is 22.6. The molecule has 0 spiro atoms. The molecule has 51 heavy (non-hydrogen) atoms. The first-order chi connectivity index (χ1) is 25.1. The molecule has 1 aliphatic heterocycles. The Labute approximate surface area is 318 Å². The highest BCUT2D eigenvalue weighted by Crippen LogP contribution is 2.25. The van der Waals surface area contributed by atoms with Crippen molar-refractivity contribution in [1.82, 2.24) is 9.80 Å². The summed E-state index contributed by atoms with van der Waals surface area (Å²) in [6.07, 6.45) is 40.8. The summed E-state index contributed by atoms with van der Waals surface area (Å²) in [5, 5.41) is 0. The summed E-state index contributed by atoms with van der Waals surface area (Å²) in [6.45, 7) is 8.14. The van der Waals surface area contributed by atoms with E-state index in [-0.39, 0.29) is 12.5 Å². The zero-order valence-corrected chi connectivity index (χ0v) is 34.6. The van der Waals surface area contributed by atoms with Crippen molar-refractivity contribution in [3.05, 3.63) is 24.3 Å². The molecule has 0 saturated heterocycles. The van der Waals surface area contributed by atoms with Crippen molar-refractivity contribution in [2.45, 2.75) is 219 Å². The van der Waals surface area contributed by atoms with Gasteiger partial charge in [-0.3, -0.25) is 9.80 Å². The Morgan fingerprint density at radius 3 is 1.06 bits per heavy atom. The van der Waals surface area contributed by atoms with E-state index in [1.54, 1.807) is 0 Å². The lowest BCUT2D eigenvalue weighted by Crippen LogP contribution is -2.40. The van der Waals surface area contributed by atoms with E-state index in [0.717, 1.165) is 37.4 Å². The molecule has 0 aliphatic carbocycles. The van der Waals surface area contributed by atoms with Crippen molar-refractivity contribution in [1.29, 1.82) is 0 Å². The summed E-state index contributed by atoms with van der Waals surface area (Å²) in [5.74, 6) is 1.78. The predicted molar refractivity (Wildman–Crippen MR) is 221 cm³/mol. The molecule has 2 bridgehead atoms. The third kappa shape index (κ3) is 25.4. The number of fused-ring (bicyclic) bond motifs is 2. The van der Waals surface area contributed by atoms with E-state index in [2.05, 4.69) is 62.0 Å². The van der Waals surface area contributed by atoms with Crippen LogP contribution in [0.15, 0.2) is 24.3 Å². The second kappa shape index (κ2) is 33.3. The maximum Gasteiger partial charge on any atom is 0.154 e. The maximum absolute atomic E-state index is 6.56. The van der Waals surface area contributed by atoms with Crippen molar-refractivity contribution in [3.8, 4) is 11.5 Å². The minimum Gasteiger partial charge on any atom is -0.475 e. The average Bonchev–Trinajstić information content (AvgIpc) is 3.13. The summed E-state index contributed by atoms with van der Waals surface area (Å²) < 4.78 is 19.3. The van der Waals surface area contributed by atoms with Gasteiger partial charge in [0.05, 0.1) is 13.2 Å². The van der Waals surface area contributed by atoms with E-state index in [4.69, 9.17) is 14.2 Å².